The van der Waals surface area contributed by atoms with Gasteiger partial charge in [0.15, 0.2) is 0 Å². The van der Waals surface area contributed by atoms with E-state index >= 15 is 0 Å². The van der Waals surface area contributed by atoms with E-state index in [2.05, 4.69) is 37.5 Å². The van der Waals surface area contributed by atoms with Gasteiger partial charge < -0.3 is 20.1 Å². The van der Waals surface area contributed by atoms with Crippen molar-refractivity contribution in [3.05, 3.63) is 11.8 Å². The minimum atomic E-state index is -0.562. The van der Waals surface area contributed by atoms with Gasteiger partial charge in [-0.2, -0.15) is 25.3 Å². The van der Waals surface area contributed by atoms with Crippen molar-refractivity contribution in [2.45, 2.75) is 57.1 Å². The summed E-state index contributed by atoms with van der Waals surface area (Å²) in [5.74, 6) is 0.188. The zero-order valence-electron chi connectivity index (χ0n) is 15.6. The first-order valence-electron chi connectivity index (χ1n) is 8.48. The van der Waals surface area contributed by atoms with Crippen molar-refractivity contribution in [2.24, 2.45) is 5.92 Å². The fourth-order valence-corrected chi connectivity index (χ4v) is 2.81. The van der Waals surface area contributed by atoms with Gasteiger partial charge in [0.1, 0.15) is 5.60 Å². The van der Waals surface area contributed by atoms with E-state index in [1.54, 1.807) is 27.0 Å². The summed E-state index contributed by atoms with van der Waals surface area (Å²) in [5.41, 5.74) is 0.412. The Morgan fingerprint density at radius 2 is 2.00 bits per heavy atom. The number of thiol groups is 2. The van der Waals surface area contributed by atoms with Gasteiger partial charge in [-0.25, -0.2) is 4.79 Å². The predicted octanol–water partition coefficient (Wildman–Crippen LogP) is 2.84. The second kappa shape index (κ2) is 12.5. The smallest absolute Gasteiger partial charge is 0.407 e. The van der Waals surface area contributed by atoms with Gasteiger partial charge in [0.25, 0.3) is 0 Å². The van der Waals surface area contributed by atoms with Crippen LogP contribution in [0.3, 0.4) is 0 Å². The number of hydrogen-bond acceptors (Lipinski definition) is 6. The molecule has 0 radical (unpaired) electrons. The number of nitrogens with zero attached hydrogens (tertiary/aromatic N) is 1. The quantitative estimate of drug-likeness (QED) is 0.248. The van der Waals surface area contributed by atoms with Gasteiger partial charge in [-0.1, -0.05) is 6.92 Å². The molecule has 0 fully saturated rings. The lowest BCUT2D eigenvalue weighted by Crippen LogP contribution is -2.36. The number of aliphatic hydroxyl groups is 1. The minimum absolute atomic E-state index is 0.00893. The summed E-state index contributed by atoms with van der Waals surface area (Å²) in [6, 6.07) is 0. The van der Waals surface area contributed by atoms with Crippen molar-refractivity contribution in [2.75, 3.05) is 19.7 Å². The first kappa shape index (κ1) is 24.1. The van der Waals surface area contributed by atoms with Crippen LogP contribution in [-0.4, -0.2) is 52.4 Å². The standard InChI is InChI=1S/C17H32N2O4S2/c1-5-13(10-15(24)25)14(6-9-20)11-19(12-21)8-7-18-16(22)23-17(2,3)4/h11-13,15,20,24-25H,5-10H2,1-4H3,(H,18,22). The second-order valence-electron chi connectivity index (χ2n) is 6.77. The molecule has 6 nitrogen and oxygen atoms in total. The molecule has 0 aliphatic rings. The molecule has 0 bridgehead atoms. The summed E-state index contributed by atoms with van der Waals surface area (Å²) >= 11 is 8.62. The van der Waals surface area contributed by atoms with Gasteiger partial charge in [0, 0.05) is 30.5 Å². The third-order valence-electron chi connectivity index (χ3n) is 3.42. The Morgan fingerprint density at radius 1 is 1.36 bits per heavy atom. The number of hydrogen-bond donors (Lipinski definition) is 4. The Kier molecular flexibility index (Phi) is 12.1. The van der Waals surface area contributed by atoms with E-state index in [0.717, 1.165) is 18.4 Å². The van der Waals surface area contributed by atoms with Gasteiger partial charge >= 0.3 is 6.09 Å². The summed E-state index contributed by atoms with van der Waals surface area (Å²) in [7, 11) is 0. The molecule has 8 heteroatoms. The molecule has 1 atom stereocenters. The number of rotatable bonds is 11. The number of alkyl carbamates (subject to hydrolysis) is 1. The summed E-state index contributed by atoms with van der Waals surface area (Å²) in [6.45, 7) is 8.01. The van der Waals surface area contributed by atoms with Gasteiger partial charge in [0.2, 0.25) is 6.41 Å². The van der Waals surface area contributed by atoms with E-state index in [4.69, 9.17) is 4.74 Å². The van der Waals surface area contributed by atoms with E-state index in [1.807, 2.05) is 0 Å². The SMILES string of the molecule is CCC(CC(S)S)C(=CN(C=O)CCNC(=O)OC(C)(C)C)CCO. The molecule has 0 saturated carbocycles. The second-order valence-corrected chi connectivity index (χ2v) is 8.43. The van der Waals surface area contributed by atoms with Gasteiger partial charge in [-0.05, 0) is 51.5 Å². The molecule has 0 rings (SSSR count). The summed E-state index contributed by atoms with van der Waals surface area (Å²) in [4.78, 5) is 24.4. The van der Waals surface area contributed by atoms with Crippen LogP contribution >= 0.6 is 25.3 Å². The highest BCUT2D eigenvalue weighted by atomic mass is 32.2. The molecule has 0 aliphatic carbocycles. The van der Waals surface area contributed by atoms with Crippen LogP contribution in [0.4, 0.5) is 4.79 Å². The molecule has 0 aromatic heterocycles. The first-order valence-corrected chi connectivity index (χ1v) is 9.51. The molecular weight excluding hydrogens is 360 g/mol. The van der Waals surface area contributed by atoms with Crippen molar-refractivity contribution in [3.8, 4) is 0 Å². The fourth-order valence-electron chi connectivity index (χ4n) is 2.30. The van der Waals surface area contributed by atoms with Gasteiger partial charge in [0.05, 0.1) is 0 Å². The number of amides is 2. The Hall–Kier alpha value is -0.860. The molecule has 25 heavy (non-hydrogen) atoms. The Labute approximate surface area is 162 Å². The lowest BCUT2D eigenvalue weighted by atomic mass is 9.92. The molecular formula is C17H32N2O4S2. The molecule has 0 aromatic carbocycles. The van der Waals surface area contributed by atoms with Crippen LogP contribution in [0.2, 0.25) is 0 Å². The molecule has 0 aromatic rings. The third-order valence-corrected chi connectivity index (χ3v) is 3.84. The Morgan fingerprint density at radius 3 is 2.44 bits per heavy atom. The molecule has 0 aliphatic heterocycles. The number of ether oxygens (including phenoxy) is 1. The molecule has 0 spiro atoms. The van der Waals surface area contributed by atoms with Crippen molar-refractivity contribution in [3.63, 3.8) is 0 Å². The van der Waals surface area contributed by atoms with Crippen LogP contribution in [0.5, 0.6) is 0 Å². The Balaban J connectivity index is 4.77. The van der Waals surface area contributed by atoms with Gasteiger partial charge in [-0.15, -0.1) is 0 Å². The maximum absolute atomic E-state index is 11.6. The first-order chi connectivity index (χ1) is 11.6. The summed E-state index contributed by atoms with van der Waals surface area (Å²) in [6.07, 6.45) is 4.04. The Bertz CT molecular complexity index is 437. The van der Waals surface area contributed by atoms with Crippen LogP contribution < -0.4 is 5.32 Å². The third kappa shape index (κ3) is 12.2. The van der Waals surface area contributed by atoms with E-state index < -0.39 is 11.7 Å². The average molecular weight is 393 g/mol. The molecule has 2 N–H and O–H groups in total. The van der Waals surface area contributed by atoms with Crippen LogP contribution in [0.15, 0.2) is 11.8 Å². The van der Waals surface area contributed by atoms with E-state index in [9.17, 15) is 14.7 Å². The monoisotopic (exact) mass is 392 g/mol. The highest BCUT2D eigenvalue weighted by molar-refractivity contribution is 7.99. The molecule has 146 valence electrons. The van der Waals surface area contributed by atoms with Crippen molar-refractivity contribution < 1.29 is 19.4 Å². The molecule has 0 saturated heterocycles. The number of aliphatic hydroxyl groups excluding tert-OH is 1. The van der Waals surface area contributed by atoms with Crippen LogP contribution in [0.25, 0.3) is 0 Å². The minimum Gasteiger partial charge on any atom is -0.444 e. The average Bonchev–Trinajstić information content (AvgIpc) is 2.48. The lowest BCUT2D eigenvalue weighted by molar-refractivity contribution is -0.116. The van der Waals surface area contributed by atoms with Gasteiger partial charge in [-0.3, -0.25) is 4.79 Å². The normalized spacial score (nSPS) is 13.5. The topological polar surface area (TPSA) is 78.9 Å². The van der Waals surface area contributed by atoms with Crippen LogP contribution in [0, 0.1) is 5.92 Å². The maximum atomic E-state index is 11.6. The summed E-state index contributed by atoms with van der Waals surface area (Å²) < 4.78 is 5.09. The molecule has 1 unspecified atom stereocenters. The van der Waals surface area contributed by atoms with Crippen molar-refractivity contribution >= 4 is 37.8 Å². The highest BCUT2D eigenvalue weighted by Gasteiger charge is 2.17. The van der Waals surface area contributed by atoms with Crippen molar-refractivity contribution in [1.29, 1.82) is 0 Å². The molecule has 0 heterocycles. The van der Waals surface area contributed by atoms with Crippen LogP contribution in [0.1, 0.15) is 47.0 Å². The predicted molar refractivity (Wildman–Crippen MR) is 107 cm³/mol. The van der Waals surface area contributed by atoms with E-state index in [0.29, 0.717) is 19.4 Å². The lowest BCUT2D eigenvalue weighted by Gasteiger charge is -2.23. The zero-order valence-corrected chi connectivity index (χ0v) is 17.4. The van der Waals surface area contributed by atoms with Crippen LogP contribution in [-0.2, 0) is 9.53 Å². The van der Waals surface area contributed by atoms with E-state index in [-0.39, 0.29) is 23.7 Å². The number of nitrogens with one attached hydrogen (secondary N) is 1. The fraction of sp³-hybridized carbons (Fsp3) is 0.765. The number of carbonyl (C=O) groups excluding carboxylic acids is 2. The van der Waals surface area contributed by atoms with Crippen molar-refractivity contribution in [1.82, 2.24) is 10.2 Å². The number of carbonyl (C=O) groups is 2. The van der Waals surface area contributed by atoms with E-state index in [1.165, 1.54) is 4.90 Å². The maximum Gasteiger partial charge on any atom is 0.407 e. The zero-order chi connectivity index (χ0) is 19.5. The molecule has 2 amide bonds. The highest BCUT2D eigenvalue weighted by Crippen LogP contribution is 2.26. The summed E-state index contributed by atoms with van der Waals surface area (Å²) in [5, 5.41) is 11.9. The largest absolute Gasteiger partial charge is 0.444 e.